The van der Waals surface area contributed by atoms with Gasteiger partial charge < -0.3 is 54.4 Å². The quantitative estimate of drug-likeness (QED) is 0.150. The molecule has 4 saturated heterocycles. The van der Waals surface area contributed by atoms with Crippen molar-refractivity contribution in [1.82, 2.24) is 5.32 Å². The number of anilines is 1. The third kappa shape index (κ3) is 10.6. The summed E-state index contributed by atoms with van der Waals surface area (Å²) in [6, 6.07) is 12.5. The largest absolute Gasteiger partial charge is 1.00 e. The molecule has 0 radical (unpaired) electrons. The van der Waals surface area contributed by atoms with Crippen LogP contribution in [-0.4, -0.2) is 93.4 Å². The Bertz CT molecular complexity index is 2080. The molecular formula is C53H77N2NaO11. The number of carboxylic acid groups (broad SMARTS) is 1. The molecule has 2 amide bonds. The molecule has 0 bridgehead atoms. The van der Waals surface area contributed by atoms with Gasteiger partial charge in [-0.25, -0.2) is 4.79 Å². The summed E-state index contributed by atoms with van der Waals surface area (Å²) in [7, 11) is 0. The van der Waals surface area contributed by atoms with E-state index in [2.05, 4.69) is 31.4 Å². The number of ketones is 1. The molecule has 0 unspecified atom stereocenters. The molecule has 5 heterocycles. The van der Waals surface area contributed by atoms with Gasteiger partial charge in [0.1, 0.15) is 11.8 Å². The first-order valence-corrected chi connectivity index (χ1v) is 25.0. The summed E-state index contributed by atoms with van der Waals surface area (Å²) in [5.41, 5.74) is -1.10. The van der Waals surface area contributed by atoms with Crippen LogP contribution < -0.4 is 45.3 Å². The molecule has 366 valence electrons. The Kier molecular flexibility index (Phi) is 17.3. The summed E-state index contributed by atoms with van der Waals surface area (Å²) in [4.78, 5) is 40.7. The van der Waals surface area contributed by atoms with Crippen LogP contribution in [0.3, 0.4) is 0 Å². The number of ether oxygens (including phenoxy) is 5. The third-order valence-electron chi connectivity index (χ3n) is 16.8. The molecule has 2 spiro atoms. The fraction of sp³-hybridized carbons (Fsp3) is 0.717. The standard InChI is InChI=1S/C53H78N2O11.Na/c1-11-37(48(58)59)41-22-21-30(4)46(63-41)34(8)44(56)33(7)45(57)38(12-2)47-31(5)29-32(6)52(64-47)26-23-42(55-49(60)54-40-20-16-18-36-17-14-15-19-39(36)40)53(66-52)28-27-50(10,65-53)43-24-25-51(61,13-3)35(9)62-43;/h14-20,23,26,30-35,37-38,41-44,46-47,56,61H,11-13,21-22,24-25,27-29H2,1-10H3,(H,58,59)(H2,54,55,60);/q;+1/p-1/t30-,31-,32+,33-,34-,35-,37+,38-,41+,42-,43+,44+,46+,47-,50-,51+,52-,53-;/m0./s1. The van der Waals surface area contributed by atoms with Crippen molar-refractivity contribution in [2.75, 3.05) is 5.32 Å². The molecule has 7 rings (SSSR count). The Morgan fingerprint density at radius 2 is 1.57 bits per heavy atom. The smallest absolute Gasteiger partial charge is 0.550 e. The van der Waals surface area contributed by atoms with Crippen molar-refractivity contribution in [2.45, 2.75) is 199 Å². The zero-order chi connectivity index (χ0) is 47.9. The fourth-order valence-corrected chi connectivity index (χ4v) is 12.3. The summed E-state index contributed by atoms with van der Waals surface area (Å²) < 4.78 is 34.8. The number of benzene rings is 2. The number of carbonyl (C=O) groups excluding carboxylic acids is 3. The molecule has 0 aliphatic carbocycles. The van der Waals surface area contributed by atoms with Crippen molar-refractivity contribution in [3.63, 3.8) is 0 Å². The molecule has 67 heavy (non-hydrogen) atoms. The molecule has 5 aliphatic rings. The zero-order valence-electron chi connectivity index (χ0n) is 41.9. The first-order chi connectivity index (χ1) is 31.2. The van der Waals surface area contributed by atoms with Gasteiger partial charge in [0.25, 0.3) is 0 Å². The number of aliphatic hydroxyl groups excluding tert-OH is 1. The number of carboxylic acids is 1. The van der Waals surface area contributed by atoms with Gasteiger partial charge in [-0.15, -0.1) is 0 Å². The third-order valence-corrected chi connectivity index (χ3v) is 16.8. The van der Waals surface area contributed by atoms with Gasteiger partial charge in [0.05, 0.1) is 53.5 Å². The minimum Gasteiger partial charge on any atom is -0.550 e. The van der Waals surface area contributed by atoms with Crippen LogP contribution in [0.4, 0.5) is 10.5 Å². The Morgan fingerprint density at radius 3 is 2.24 bits per heavy atom. The number of Topliss-reactive ketones (excluding diaryl/α,β-unsaturated/α-hetero) is 1. The Hall–Kier alpha value is -2.43. The first-order valence-electron chi connectivity index (χ1n) is 25.0. The van der Waals surface area contributed by atoms with Crippen LogP contribution >= 0.6 is 0 Å². The first kappa shape index (κ1) is 53.9. The van der Waals surface area contributed by atoms with Crippen molar-refractivity contribution in [2.24, 2.45) is 41.4 Å². The van der Waals surface area contributed by atoms with Crippen LogP contribution in [-0.2, 0) is 33.3 Å². The van der Waals surface area contributed by atoms with E-state index in [4.69, 9.17) is 23.7 Å². The Balaban J connectivity index is 0.00000741. The monoisotopic (exact) mass is 941 g/mol. The second-order valence-corrected chi connectivity index (χ2v) is 21.1. The minimum absolute atomic E-state index is 0. The van der Waals surface area contributed by atoms with Gasteiger partial charge in [0.2, 0.25) is 0 Å². The van der Waals surface area contributed by atoms with Crippen LogP contribution in [0.25, 0.3) is 10.8 Å². The maximum Gasteiger partial charge on any atom is 1.00 e. The van der Waals surface area contributed by atoms with Gasteiger partial charge in [-0.1, -0.05) is 97.9 Å². The second-order valence-electron chi connectivity index (χ2n) is 21.1. The van der Waals surface area contributed by atoms with Crippen molar-refractivity contribution in [1.29, 1.82) is 0 Å². The molecule has 4 N–H and O–H groups in total. The Labute approximate surface area is 420 Å². The SMILES string of the molecule is CC[C@@H](C(=O)[C@@H](C)[C@@H](O)[C@H](C)[C@@H]1O[C@@H]([C@@H](CC)C(=O)[O-])CC[C@@H]1C)[C@H]1O[C@]2(C=C[C@H](NC(=O)Nc3cccc4ccccc34)[C@]3(CC[C@@](C)([C@H]4CC[C@](O)(CC)[C@H](C)O4)O3)O2)[C@H](C)C[C@@H]1C.[Na+]. The molecule has 0 saturated carbocycles. The molecule has 13 nitrogen and oxygen atoms in total. The molecule has 5 aliphatic heterocycles. The van der Waals surface area contributed by atoms with Gasteiger partial charge in [0.15, 0.2) is 11.6 Å². The number of amides is 2. The minimum atomic E-state index is -1.39. The number of carbonyl (C=O) groups is 3. The van der Waals surface area contributed by atoms with Gasteiger partial charge in [-0.3, -0.25) is 4.79 Å². The predicted molar refractivity (Wildman–Crippen MR) is 250 cm³/mol. The van der Waals surface area contributed by atoms with Crippen LogP contribution in [0.15, 0.2) is 54.6 Å². The van der Waals surface area contributed by atoms with E-state index >= 15 is 0 Å². The van der Waals surface area contributed by atoms with Crippen LogP contribution in [0.5, 0.6) is 0 Å². The van der Waals surface area contributed by atoms with Crippen molar-refractivity contribution in [3.05, 3.63) is 54.6 Å². The van der Waals surface area contributed by atoms with Gasteiger partial charge in [-0.2, -0.15) is 0 Å². The van der Waals surface area contributed by atoms with Crippen molar-refractivity contribution >= 4 is 34.2 Å². The van der Waals surface area contributed by atoms with Crippen LogP contribution in [0, 0.1) is 41.4 Å². The number of urea groups is 1. The number of fused-ring (bicyclic) bond motifs is 1. The van der Waals surface area contributed by atoms with Gasteiger partial charge in [0, 0.05) is 47.4 Å². The average Bonchev–Trinajstić information content (AvgIpc) is 3.64. The molecule has 0 aromatic heterocycles. The van der Waals surface area contributed by atoms with E-state index in [9.17, 15) is 29.7 Å². The van der Waals surface area contributed by atoms with Gasteiger partial charge in [-0.05, 0) is 101 Å². The fourth-order valence-electron chi connectivity index (χ4n) is 12.3. The van der Waals surface area contributed by atoms with E-state index < -0.39 is 95.0 Å². The Morgan fingerprint density at radius 1 is 0.866 bits per heavy atom. The van der Waals surface area contributed by atoms with Crippen LogP contribution in [0.2, 0.25) is 0 Å². The second kappa shape index (κ2) is 21.5. The van der Waals surface area contributed by atoms with E-state index in [0.717, 1.165) is 17.2 Å². The van der Waals surface area contributed by atoms with Crippen molar-refractivity contribution < 1.29 is 82.9 Å². The summed E-state index contributed by atoms with van der Waals surface area (Å²) in [5, 5.41) is 43.3. The maximum atomic E-state index is 14.8. The summed E-state index contributed by atoms with van der Waals surface area (Å²) in [5.74, 6) is -6.64. The van der Waals surface area contributed by atoms with Gasteiger partial charge >= 0.3 is 35.6 Å². The van der Waals surface area contributed by atoms with Crippen LogP contribution in [0.1, 0.15) is 133 Å². The molecular weight excluding hydrogens is 864 g/mol. The zero-order valence-corrected chi connectivity index (χ0v) is 43.9. The summed E-state index contributed by atoms with van der Waals surface area (Å²) >= 11 is 0. The number of rotatable bonds is 14. The predicted octanol–water partition coefficient (Wildman–Crippen LogP) is 4.84. The molecule has 2 aromatic carbocycles. The summed E-state index contributed by atoms with van der Waals surface area (Å²) in [6.45, 7) is 19.6. The average molecular weight is 941 g/mol. The maximum absolute atomic E-state index is 14.8. The number of aliphatic carboxylic acids is 1. The number of hydrogen-bond donors (Lipinski definition) is 4. The molecule has 18 atom stereocenters. The van der Waals surface area contributed by atoms with E-state index in [1.807, 2.05) is 96.2 Å². The number of aliphatic hydroxyl groups is 2. The van der Waals surface area contributed by atoms with E-state index in [0.29, 0.717) is 63.5 Å². The van der Waals surface area contributed by atoms with E-state index in [1.165, 1.54) is 0 Å². The number of nitrogens with one attached hydrogen (secondary N) is 2. The van der Waals surface area contributed by atoms with E-state index in [-0.39, 0.29) is 59.2 Å². The topological polar surface area (TPSA) is 185 Å². The summed E-state index contributed by atoms with van der Waals surface area (Å²) in [6.07, 6.45) is 6.04. The number of hydrogen-bond acceptors (Lipinski definition) is 11. The molecule has 4 fully saturated rings. The van der Waals surface area contributed by atoms with Crippen molar-refractivity contribution in [3.8, 4) is 0 Å². The normalized spacial score (nSPS) is 38.7. The molecule has 2 aromatic rings. The molecule has 14 heteroatoms. The van der Waals surface area contributed by atoms with E-state index in [1.54, 1.807) is 6.92 Å².